The number of rotatable bonds is 2. The van der Waals surface area contributed by atoms with Crippen molar-refractivity contribution in [1.82, 2.24) is 10.3 Å². The number of aliphatic hydroxyl groups excluding tert-OH is 1. The van der Waals surface area contributed by atoms with E-state index >= 15 is 0 Å². The molecule has 1 fully saturated rings. The molecule has 0 spiro atoms. The van der Waals surface area contributed by atoms with Crippen molar-refractivity contribution < 1.29 is 14.7 Å². The smallest absolute Gasteiger partial charge is 0.270 e. The van der Waals surface area contributed by atoms with Gasteiger partial charge in [-0.25, -0.2) is 5.43 Å². The van der Waals surface area contributed by atoms with E-state index in [-0.39, 0.29) is 18.4 Å². The van der Waals surface area contributed by atoms with E-state index in [2.05, 4.69) is 10.5 Å². The highest BCUT2D eigenvalue weighted by atomic mass is 16.3. The molecule has 6 nitrogen and oxygen atoms in total. The third-order valence-corrected chi connectivity index (χ3v) is 3.31. The van der Waals surface area contributed by atoms with E-state index in [4.69, 9.17) is 5.11 Å². The molecule has 0 bridgehead atoms. The first-order valence-electron chi connectivity index (χ1n) is 5.96. The van der Waals surface area contributed by atoms with Crippen molar-refractivity contribution in [2.45, 2.75) is 25.7 Å². The molecule has 0 unspecified atom stereocenters. The molecule has 17 heavy (non-hydrogen) atoms. The highest BCUT2D eigenvalue weighted by molar-refractivity contribution is 6.39. The normalized spacial score (nSPS) is 22.1. The molecular formula is C11H17N3O3. The Kier molecular flexibility index (Phi) is 3.73. The Morgan fingerprint density at radius 1 is 1.41 bits per heavy atom. The van der Waals surface area contributed by atoms with Crippen LogP contribution in [-0.4, -0.2) is 47.2 Å². The summed E-state index contributed by atoms with van der Waals surface area (Å²) in [6, 6.07) is 0. The third-order valence-electron chi connectivity index (χ3n) is 3.31. The number of hydrogen-bond acceptors (Lipinski definition) is 4. The van der Waals surface area contributed by atoms with Crippen LogP contribution in [0.1, 0.15) is 25.7 Å². The molecule has 0 aromatic heterocycles. The fraction of sp³-hybridized carbons (Fsp3) is 0.727. The highest BCUT2D eigenvalue weighted by Gasteiger charge is 2.27. The topological polar surface area (TPSA) is 82.0 Å². The standard InChI is InChI=1S/C11H17N3O3/c15-7-8-3-5-14(6-4-8)11(17)9-1-2-10(16)13-12-9/h8,15H,1-7H2,(H,13,16). The van der Waals surface area contributed by atoms with Crippen LogP contribution in [0, 0.1) is 5.92 Å². The lowest BCUT2D eigenvalue weighted by atomic mass is 9.97. The van der Waals surface area contributed by atoms with Crippen LogP contribution in [-0.2, 0) is 9.59 Å². The van der Waals surface area contributed by atoms with Crippen molar-refractivity contribution >= 4 is 17.5 Å². The maximum absolute atomic E-state index is 12.0. The maximum atomic E-state index is 12.0. The number of amides is 2. The van der Waals surface area contributed by atoms with Gasteiger partial charge in [0.2, 0.25) is 5.91 Å². The second kappa shape index (κ2) is 5.27. The molecule has 2 amide bonds. The Hall–Kier alpha value is -1.43. The number of likely N-dealkylation sites (tertiary alicyclic amines) is 1. The average Bonchev–Trinajstić information content (AvgIpc) is 2.39. The maximum Gasteiger partial charge on any atom is 0.270 e. The van der Waals surface area contributed by atoms with E-state index < -0.39 is 0 Å². The molecule has 2 rings (SSSR count). The summed E-state index contributed by atoms with van der Waals surface area (Å²) >= 11 is 0. The second-order valence-corrected chi connectivity index (χ2v) is 4.51. The van der Waals surface area contributed by atoms with Gasteiger partial charge in [-0.1, -0.05) is 0 Å². The van der Waals surface area contributed by atoms with Gasteiger partial charge in [-0.3, -0.25) is 9.59 Å². The predicted octanol–water partition coefficient (Wildman–Crippen LogP) is -0.517. The summed E-state index contributed by atoms with van der Waals surface area (Å²) in [7, 11) is 0. The van der Waals surface area contributed by atoms with Gasteiger partial charge in [0.05, 0.1) is 0 Å². The molecule has 0 aromatic carbocycles. The molecule has 2 heterocycles. The number of nitrogens with zero attached hydrogens (tertiary/aromatic N) is 2. The van der Waals surface area contributed by atoms with E-state index in [0.717, 1.165) is 12.8 Å². The zero-order valence-electron chi connectivity index (χ0n) is 9.69. The van der Waals surface area contributed by atoms with E-state index in [1.54, 1.807) is 4.90 Å². The summed E-state index contributed by atoms with van der Waals surface area (Å²) in [4.78, 5) is 24.7. The van der Waals surface area contributed by atoms with Crippen molar-refractivity contribution in [3.8, 4) is 0 Å². The van der Waals surface area contributed by atoms with Gasteiger partial charge < -0.3 is 10.0 Å². The first-order chi connectivity index (χ1) is 8.20. The minimum absolute atomic E-state index is 0.0820. The van der Waals surface area contributed by atoms with Crippen LogP contribution in [0.15, 0.2) is 5.10 Å². The van der Waals surface area contributed by atoms with Crippen molar-refractivity contribution in [2.75, 3.05) is 19.7 Å². The zero-order valence-corrected chi connectivity index (χ0v) is 9.69. The number of aliphatic hydroxyl groups is 1. The first-order valence-corrected chi connectivity index (χ1v) is 5.96. The quantitative estimate of drug-likeness (QED) is 0.680. The molecule has 2 aliphatic rings. The monoisotopic (exact) mass is 239 g/mol. The molecule has 2 N–H and O–H groups in total. The van der Waals surface area contributed by atoms with Gasteiger partial charge in [0, 0.05) is 32.5 Å². The van der Waals surface area contributed by atoms with E-state index in [1.165, 1.54) is 0 Å². The van der Waals surface area contributed by atoms with Gasteiger partial charge in [-0.2, -0.15) is 5.10 Å². The second-order valence-electron chi connectivity index (χ2n) is 4.51. The summed E-state index contributed by atoms with van der Waals surface area (Å²) < 4.78 is 0. The Morgan fingerprint density at radius 2 is 2.12 bits per heavy atom. The molecule has 2 aliphatic heterocycles. The Labute approximate surface area is 99.7 Å². The van der Waals surface area contributed by atoms with E-state index in [9.17, 15) is 9.59 Å². The van der Waals surface area contributed by atoms with Crippen molar-refractivity contribution in [2.24, 2.45) is 11.0 Å². The van der Waals surface area contributed by atoms with E-state index in [1.807, 2.05) is 0 Å². The predicted molar refractivity (Wildman–Crippen MR) is 61.2 cm³/mol. The van der Waals surface area contributed by atoms with Gasteiger partial charge in [0.1, 0.15) is 5.71 Å². The average molecular weight is 239 g/mol. The van der Waals surface area contributed by atoms with Crippen LogP contribution in [0.2, 0.25) is 0 Å². The summed E-state index contributed by atoms with van der Waals surface area (Å²) in [6.07, 6.45) is 2.42. The van der Waals surface area contributed by atoms with Gasteiger partial charge >= 0.3 is 0 Å². The van der Waals surface area contributed by atoms with E-state index in [0.29, 0.717) is 37.6 Å². The van der Waals surface area contributed by atoms with Crippen molar-refractivity contribution in [3.63, 3.8) is 0 Å². The van der Waals surface area contributed by atoms with Crippen LogP contribution in [0.5, 0.6) is 0 Å². The molecule has 0 aliphatic carbocycles. The van der Waals surface area contributed by atoms with Crippen LogP contribution in [0.25, 0.3) is 0 Å². The fourth-order valence-electron chi connectivity index (χ4n) is 2.13. The summed E-state index contributed by atoms with van der Waals surface area (Å²) in [5.41, 5.74) is 2.77. The molecule has 6 heteroatoms. The zero-order chi connectivity index (χ0) is 12.3. The van der Waals surface area contributed by atoms with Crippen LogP contribution < -0.4 is 5.43 Å². The van der Waals surface area contributed by atoms with Crippen molar-refractivity contribution in [3.05, 3.63) is 0 Å². The first kappa shape index (κ1) is 12.0. The number of carbonyl (C=O) groups excluding carboxylic acids is 2. The number of carbonyl (C=O) groups is 2. The van der Waals surface area contributed by atoms with Gasteiger partial charge in [0.25, 0.3) is 5.91 Å². The summed E-state index contributed by atoms with van der Waals surface area (Å²) in [5, 5.41) is 12.8. The molecule has 0 aromatic rings. The molecular weight excluding hydrogens is 222 g/mol. The largest absolute Gasteiger partial charge is 0.396 e. The summed E-state index contributed by atoms with van der Waals surface area (Å²) in [6.45, 7) is 1.52. The lowest BCUT2D eigenvalue weighted by Crippen LogP contribution is -2.44. The number of hydrogen-bond donors (Lipinski definition) is 2. The highest BCUT2D eigenvalue weighted by Crippen LogP contribution is 2.17. The molecule has 0 saturated carbocycles. The molecule has 94 valence electrons. The van der Waals surface area contributed by atoms with Crippen LogP contribution >= 0.6 is 0 Å². The summed E-state index contributed by atoms with van der Waals surface area (Å²) in [5.74, 6) is 0.0916. The molecule has 1 saturated heterocycles. The number of hydrazone groups is 1. The fourth-order valence-corrected chi connectivity index (χ4v) is 2.13. The minimum Gasteiger partial charge on any atom is -0.396 e. The van der Waals surface area contributed by atoms with Gasteiger partial charge in [-0.15, -0.1) is 0 Å². The van der Waals surface area contributed by atoms with Crippen molar-refractivity contribution in [1.29, 1.82) is 0 Å². The van der Waals surface area contributed by atoms with Crippen LogP contribution in [0.4, 0.5) is 0 Å². The molecule has 0 radical (unpaired) electrons. The Bertz CT molecular complexity index is 346. The third kappa shape index (κ3) is 2.82. The van der Waals surface area contributed by atoms with Gasteiger partial charge in [-0.05, 0) is 18.8 Å². The Balaban J connectivity index is 1.90. The lowest BCUT2D eigenvalue weighted by molar-refractivity contribution is -0.126. The van der Waals surface area contributed by atoms with Gasteiger partial charge in [0.15, 0.2) is 0 Å². The number of piperidine rings is 1. The SMILES string of the molecule is O=C1CCC(C(=O)N2CCC(CO)CC2)=NN1. The Morgan fingerprint density at radius 3 is 2.65 bits per heavy atom. The minimum atomic E-state index is -0.138. The number of nitrogens with one attached hydrogen (secondary N) is 1. The van der Waals surface area contributed by atoms with Crippen LogP contribution in [0.3, 0.4) is 0 Å². The lowest BCUT2D eigenvalue weighted by Gasteiger charge is -2.31. The molecule has 0 atom stereocenters.